The van der Waals surface area contributed by atoms with E-state index in [1.807, 2.05) is 24.3 Å². The summed E-state index contributed by atoms with van der Waals surface area (Å²) in [5.74, 6) is 2.11. The second kappa shape index (κ2) is 4.82. The minimum Gasteiger partial charge on any atom is -0.439 e. The Morgan fingerprint density at radius 3 is 2.41 bits per heavy atom. The number of anilines is 1. The molecule has 4 heteroatoms. The third-order valence-electron chi connectivity index (χ3n) is 2.43. The lowest BCUT2D eigenvalue weighted by Crippen LogP contribution is -1.94. The lowest BCUT2D eigenvalue weighted by Gasteiger charge is -2.07. The number of ether oxygens (including phenoxy) is 1. The first-order valence-corrected chi connectivity index (χ1v) is 5.50. The Balaban J connectivity index is 2.14. The quantitative estimate of drug-likeness (QED) is 0.878. The lowest BCUT2D eigenvalue weighted by atomic mass is 10.0. The molecule has 1 heterocycles. The van der Waals surface area contributed by atoms with Gasteiger partial charge in [0.1, 0.15) is 17.9 Å². The molecule has 0 aliphatic rings. The molecule has 0 bridgehead atoms. The minimum absolute atomic E-state index is 0.397. The molecule has 0 amide bonds. The summed E-state index contributed by atoms with van der Waals surface area (Å²) in [6.07, 6.45) is 1.38. The number of benzene rings is 1. The molecular weight excluding hydrogens is 214 g/mol. The molecule has 17 heavy (non-hydrogen) atoms. The fourth-order valence-electron chi connectivity index (χ4n) is 1.45. The Bertz CT molecular complexity index is 494. The van der Waals surface area contributed by atoms with Gasteiger partial charge in [-0.15, -0.1) is 0 Å². The summed E-state index contributed by atoms with van der Waals surface area (Å²) in [6, 6.07) is 9.53. The summed E-state index contributed by atoms with van der Waals surface area (Å²) in [4.78, 5) is 7.78. The van der Waals surface area contributed by atoms with Gasteiger partial charge in [0.25, 0.3) is 0 Å². The van der Waals surface area contributed by atoms with Gasteiger partial charge >= 0.3 is 0 Å². The Morgan fingerprint density at radius 2 is 1.82 bits per heavy atom. The first kappa shape index (κ1) is 11.4. The van der Waals surface area contributed by atoms with E-state index >= 15 is 0 Å². The van der Waals surface area contributed by atoms with Crippen LogP contribution in [0.4, 0.5) is 5.82 Å². The van der Waals surface area contributed by atoms with Crippen molar-refractivity contribution < 1.29 is 4.74 Å². The molecule has 0 saturated heterocycles. The van der Waals surface area contributed by atoms with Crippen LogP contribution in [0.3, 0.4) is 0 Å². The Morgan fingerprint density at radius 1 is 1.12 bits per heavy atom. The largest absolute Gasteiger partial charge is 0.439 e. The van der Waals surface area contributed by atoms with Gasteiger partial charge in [0.15, 0.2) is 0 Å². The van der Waals surface area contributed by atoms with E-state index in [1.54, 1.807) is 6.07 Å². The molecule has 2 N–H and O–H groups in total. The third kappa shape index (κ3) is 2.93. The van der Waals surface area contributed by atoms with Gasteiger partial charge in [0.05, 0.1) is 0 Å². The monoisotopic (exact) mass is 229 g/mol. The zero-order valence-corrected chi connectivity index (χ0v) is 9.92. The van der Waals surface area contributed by atoms with Crippen LogP contribution in [-0.4, -0.2) is 9.97 Å². The molecule has 0 unspecified atom stereocenters. The van der Waals surface area contributed by atoms with Crippen LogP contribution in [0.1, 0.15) is 25.3 Å². The first-order valence-electron chi connectivity index (χ1n) is 5.50. The lowest BCUT2D eigenvalue weighted by molar-refractivity contribution is 0.461. The number of nitrogens with two attached hydrogens (primary N) is 1. The van der Waals surface area contributed by atoms with Crippen LogP contribution in [0.25, 0.3) is 0 Å². The van der Waals surface area contributed by atoms with Gasteiger partial charge in [-0.05, 0) is 23.6 Å². The molecule has 0 spiro atoms. The summed E-state index contributed by atoms with van der Waals surface area (Å²) in [6.45, 7) is 4.31. The number of rotatable bonds is 3. The average molecular weight is 229 g/mol. The molecule has 0 atom stereocenters. The molecule has 1 aromatic carbocycles. The van der Waals surface area contributed by atoms with Crippen molar-refractivity contribution in [1.29, 1.82) is 0 Å². The van der Waals surface area contributed by atoms with Gasteiger partial charge in [-0.25, -0.2) is 9.97 Å². The van der Waals surface area contributed by atoms with Gasteiger partial charge in [-0.2, -0.15) is 0 Å². The van der Waals surface area contributed by atoms with Crippen LogP contribution in [0, 0.1) is 0 Å². The summed E-state index contributed by atoms with van der Waals surface area (Å²) >= 11 is 0. The van der Waals surface area contributed by atoms with Crippen LogP contribution in [0.2, 0.25) is 0 Å². The molecule has 0 saturated carbocycles. The molecule has 0 radical (unpaired) electrons. The second-order valence-electron chi connectivity index (χ2n) is 4.11. The minimum atomic E-state index is 0.397. The van der Waals surface area contributed by atoms with E-state index in [4.69, 9.17) is 10.5 Å². The normalized spacial score (nSPS) is 10.5. The highest BCUT2D eigenvalue weighted by molar-refractivity contribution is 5.35. The maximum atomic E-state index is 5.56. The average Bonchev–Trinajstić information content (AvgIpc) is 2.29. The summed E-state index contributed by atoms with van der Waals surface area (Å²) in [5.41, 5.74) is 6.82. The van der Waals surface area contributed by atoms with Crippen molar-refractivity contribution in [2.75, 3.05) is 5.73 Å². The van der Waals surface area contributed by atoms with E-state index < -0.39 is 0 Å². The van der Waals surface area contributed by atoms with E-state index in [2.05, 4.69) is 23.8 Å². The number of nitrogen functional groups attached to an aromatic ring is 1. The van der Waals surface area contributed by atoms with Gasteiger partial charge in [-0.3, -0.25) is 0 Å². The van der Waals surface area contributed by atoms with Gasteiger partial charge in [0.2, 0.25) is 5.88 Å². The van der Waals surface area contributed by atoms with Crippen LogP contribution in [0.5, 0.6) is 11.6 Å². The molecule has 0 fully saturated rings. The Kier molecular flexibility index (Phi) is 3.23. The zero-order valence-electron chi connectivity index (χ0n) is 9.92. The van der Waals surface area contributed by atoms with E-state index in [0.717, 1.165) is 5.75 Å². The number of aromatic nitrogens is 2. The molecule has 0 aliphatic carbocycles. The summed E-state index contributed by atoms with van der Waals surface area (Å²) < 4.78 is 5.56. The summed E-state index contributed by atoms with van der Waals surface area (Å²) in [7, 11) is 0. The summed E-state index contributed by atoms with van der Waals surface area (Å²) in [5, 5.41) is 0. The van der Waals surface area contributed by atoms with Crippen molar-refractivity contribution in [1.82, 2.24) is 9.97 Å². The second-order valence-corrected chi connectivity index (χ2v) is 4.11. The maximum absolute atomic E-state index is 5.56. The van der Waals surface area contributed by atoms with Gasteiger partial charge < -0.3 is 10.5 Å². The first-order chi connectivity index (χ1) is 8.15. The fourth-order valence-corrected chi connectivity index (χ4v) is 1.45. The van der Waals surface area contributed by atoms with Gasteiger partial charge in [-0.1, -0.05) is 26.0 Å². The van der Waals surface area contributed by atoms with Crippen molar-refractivity contribution in [2.45, 2.75) is 19.8 Å². The van der Waals surface area contributed by atoms with Crippen LogP contribution >= 0.6 is 0 Å². The maximum Gasteiger partial charge on any atom is 0.224 e. The van der Waals surface area contributed by atoms with E-state index in [1.165, 1.54) is 11.9 Å². The Labute approximate surface area is 100 Å². The highest BCUT2D eigenvalue weighted by Crippen LogP contribution is 2.22. The molecule has 4 nitrogen and oxygen atoms in total. The number of hydrogen-bond donors (Lipinski definition) is 1. The predicted molar refractivity (Wildman–Crippen MR) is 67.0 cm³/mol. The molecule has 2 aromatic rings. The zero-order chi connectivity index (χ0) is 12.3. The highest BCUT2D eigenvalue weighted by atomic mass is 16.5. The van der Waals surface area contributed by atoms with Crippen molar-refractivity contribution in [3.63, 3.8) is 0 Å². The van der Waals surface area contributed by atoms with E-state index in [-0.39, 0.29) is 0 Å². The van der Waals surface area contributed by atoms with Crippen molar-refractivity contribution in [2.24, 2.45) is 0 Å². The van der Waals surface area contributed by atoms with Gasteiger partial charge in [0, 0.05) is 6.07 Å². The SMILES string of the molecule is CC(C)c1ccc(Oc2cc(N)ncn2)cc1. The van der Waals surface area contributed by atoms with Crippen LogP contribution < -0.4 is 10.5 Å². The fraction of sp³-hybridized carbons (Fsp3) is 0.231. The van der Waals surface area contributed by atoms with Crippen molar-refractivity contribution in [3.05, 3.63) is 42.2 Å². The standard InChI is InChI=1S/C13H15N3O/c1-9(2)10-3-5-11(6-4-10)17-13-7-12(14)15-8-16-13/h3-9H,1-2H3,(H2,14,15,16). The topological polar surface area (TPSA) is 61.0 Å². The van der Waals surface area contributed by atoms with Crippen molar-refractivity contribution >= 4 is 5.82 Å². The van der Waals surface area contributed by atoms with Crippen LogP contribution in [0.15, 0.2) is 36.7 Å². The third-order valence-corrected chi connectivity index (χ3v) is 2.43. The van der Waals surface area contributed by atoms with Crippen molar-refractivity contribution in [3.8, 4) is 11.6 Å². The smallest absolute Gasteiger partial charge is 0.224 e. The van der Waals surface area contributed by atoms with E-state index in [0.29, 0.717) is 17.6 Å². The predicted octanol–water partition coefficient (Wildman–Crippen LogP) is 2.97. The molecular formula is C13H15N3O. The molecule has 88 valence electrons. The molecule has 0 aliphatic heterocycles. The number of nitrogens with zero attached hydrogens (tertiary/aromatic N) is 2. The number of hydrogen-bond acceptors (Lipinski definition) is 4. The molecule has 1 aromatic heterocycles. The molecule has 2 rings (SSSR count). The highest BCUT2D eigenvalue weighted by Gasteiger charge is 2.02. The van der Waals surface area contributed by atoms with E-state index in [9.17, 15) is 0 Å². The Hall–Kier alpha value is -2.10. The van der Waals surface area contributed by atoms with Crippen LogP contribution in [-0.2, 0) is 0 Å².